The molecule has 166 valence electrons. The van der Waals surface area contributed by atoms with Gasteiger partial charge in [0.15, 0.2) is 0 Å². The summed E-state index contributed by atoms with van der Waals surface area (Å²) in [4.78, 5) is 10.00. The summed E-state index contributed by atoms with van der Waals surface area (Å²) < 4.78 is 0. The summed E-state index contributed by atoms with van der Waals surface area (Å²) in [7, 11) is 0. The second-order valence-electron chi connectivity index (χ2n) is 6.71. The van der Waals surface area contributed by atoms with E-state index in [4.69, 9.17) is 5.26 Å². The number of rotatable bonds is 17. The molecule has 0 atom stereocenters. The van der Waals surface area contributed by atoms with Crippen molar-refractivity contribution in [1.82, 2.24) is 0 Å². The lowest BCUT2D eigenvalue weighted by Crippen LogP contribution is -1.74. The largest absolute Gasteiger partial charge is 0.303 e. The van der Waals surface area contributed by atoms with E-state index >= 15 is 0 Å². The standard InChI is InChI=1S/C13H21N.C13H22O.CH4/c2*1-2-3-4-5-6-7-8-9-10-11-12-13-14;/h3-4,9-10H,2,5-8,11-12H2,1H3;3-4,9-10,13H,2,5-8,11-12H2,1H3;1H4. The number of aldehydes is 1. The van der Waals surface area contributed by atoms with Gasteiger partial charge in [-0.1, -0.05) is 69.9 Å². The van der Waals surface area contributed by atoms with Crippen LogP contribution in [0.4, 0.5) is 0 Å². The molecule has 0 N–H and O–H groups in total. The minimum atomic E-state index is 0. The number of hydrogen-bond donors (Lipinski definition) is 0. The van der Waals surface area contributed by atoms with Crippen LogP contribution in [0.15, 0.2) is 48.6 Å². The van der Waals surface area contributed by atoms with E-state index in [1.165, 1.54) is 38.5 Å². The van der Waals surface area contributed by atoms with Crippen LogP contribution in [0.25, 0.3) is 0 Å². The SMILES string of the molecule is C.CCC=CCCCCC=CCCC#N.CCC=CCCCCC=CCCC=O. The van der Waals surface area contributed by atoms with Crippen molar-refractivity contribution < 1.29 is 4.79 Å². The molecule has 0 aliphatic carbocycles. The fourth-order valence-corrected chi connectivity index (χ4v) is 2.40. The zero-order chi connectivity index (χ0) is 21.0. The molecule has 0 unspecified atom stereocenters. The van der Waals surface area contributed by atoms with Crippen LogP contribution in [0.5, 0.6) is 0 Å². The molecule has 0 aliphatic rings. The predicted octanol–water partition coefficient (Wildman–Crippen LogP) is 9.06. The van der Waals surface area contributed by atoms with Crippen LogP contribution in [0.1, 0.15) is 111 Å². The van der Waals surface area contributed by atoms with E-state index in [-0.39, 0.29) is 7.43 Å². The lowest BCUT2D eigenvalue weighted by Gasteiger charge is -1.92. The highest BCUT2D eigenvalue weighted by Crippen LogP contribution is 2.03. The third-order valence-electron chi connectivity index (χ3n) is 4.00. The van der Waals surface area contributed by atoms with Crippen molar-refractivity contribution in [2.24, 2.45) is 0 Å². The summed E-state index contributed by atoms with van der Waals surface area (Å²) in [5, 5.41) is 8.30. The van der Waals surface area contributed by atoms with Gasteiger partial charge in [0.1, 0.15) is 6.29 Å². The first kappa shape index (κ1) is 31.8. The maximum atomic E-state index is 10.00. The van der Waals surface area contributed by atoms with Crippen LogP contribution in [0.3, 0.4) is 0 Å². The molecule has 0 aromatic rings. The maximum absolute atomic E-state index is 10.00. The molecule has 0 saturated carbocycles. The molecular formula is C27H47NO. The summed E-state index contributed by atoms with van der Waals surface area (Å²) >= 11 is 0. The number of allylic oxidation sites excluding steroid dienone is 8. The first-order chi connectivity index (χ1) is 13.8. The summed E-state index contributed by atoms with van der Waals surface area (Å²) in [5.74, 6) is 0. The molecule has 0 aromatic carbocycles. The Morgan fingerprint density at radius 3 is 1.34 bits per heavy atom. The van der Waals surface area contributed by atoms with Gasteiger partial charge in [-0.05, 0) is 77.0 Å². The molecular weight excluding hydrogens is 354 g/mol. The molecule has 0 heterocycles. The van der Waals surface area contributed by atoms with Gasteiger partial charge in [0.2, 0.25) is 0 Å². The molecule has 0 radical (unpaired) electrons. The summed E-state index contributed by atoms with van der Waals surface area (Å²) in [5.41, 5.74) is 0. The van der Waals surface area contributed by atoms with Crippen molar-refractivity contribution in [3.63, 3.8) is 0 Å². The van der Waals surface area contributed by atoms with Crippen molar-refractivity contribution in [1.29, 1.82) is 5.26 Å². The topological polar surface area (TPSA) is 40.9 Å². The van der Waals surface area contributed by atoms with Crippen molar-refractivity contribution in [3.05, 3.63) is 48.6 Å². The summed E-state index contributed by atoms with van der Waals surface area (Å²) in [6, 6.07) is 2.13. The average molecular weight is 402 g/mol. The highest BCUT2D eigenvalue weighted by Gasteiger charge is 1.84. The van der Waals surface area contributed by atoms with Gasteiger partial charge in [0, 0.05) is 12.8 Å². The highest BCUT2D eigenvalue weighted by molar-refractivity contribution is 5.49. The Hall–Kier alpha value is -1.88. The van der Waals surface area contributed by atoms with E-state index in [2.05, 4.69) is 68.5 Å². The minimum Gasteiger partial charge on any atom is -0.303 e. The average Bonchev–Trinajstić information content (AvgIpc) is 2.71. The fraction of sp³-hybridized carbons (Fsp3) is 0.630. The highest BCUT2D eigenvalue weighted by atomic mass is 16.1. The van der Waals surface area contributed by atoms with Gasteiger partial charge < -0.3 is 4.79 Å². The Morgan fingerprint density at radius 2 is 0.966 bits per heavy atom. The molecule has 0 bridgehead atoms. The van der Waals surface area contributed by atoms with E-state index in [9.17, 15) is 4.79 Å². The Balaban J connectivity index is -0.000000451. The van der Waals surface area contributed by atoms with Gasteiger partial charge >= 0.3 is 0 Å². The number of nitriles is 1. The summed E-state index contributed by atoms with van der Waals surface area (Å²) in [6.07, 6.45) is 33.8. The van der Waals surface area contributed by atoms with Crippen LogP contribution in [0, 0.1) is 11.3 Å². The zero-order valence-electron chi connectivity index (χ0n) is 18.5. The zero-order valence-corrected chi connectivity index (χ0v) is 18.5. The van der Waals surface area contributed by atoms with Gasteiger partial charge in [-0.2, -0.15) is 5.26 Å². The second-order valence-corrected chi connectivity index (χ2v) is 6.71. The quantitative estimate of drug-likeness (QED) is 0.138. The van der Waals surface area contributed by atoms with Crippen LogP contribution in [-0.2, 0) is 4.79 Å². The smallest absolute Gasteiger partial charge is 0.120 e. The van der Waals surface area contributed by atoms with Gasteiger partial charge in [-0.3, -0.25) is 0 Å². The van der Waals surface area contributed by atoms with Crippen LogP contribution in [0.2, 0.25) is 0 Å². The van der Waals surface area contributed by atoms with E-state index in [0.717, 1.165) is 44.8 Å². The Morgan fingerprint density at radius 1 is 0.586 bits per heavy atom. The molecule has 2 nitrogen and oxygen atoms in total. The van der Waals surface area contributed by atoms with Crippen LogP contribution in [-0.4, -0.2) is 6.29 Å². The normalized spacial score (nSPS) is 10.9. The number of carbonyl (C=O) groups is 1. The maximum Gasteiger partial charge on any atom is 0.120 e. The van der Waals surface area contributed by atoms with Gasteiger partial charge in [-0.25, -0.2) is 0 Å². The third-order valence-corrected chi connectivity index (χ3v) is 4.00. The van der Waals surface area contributed by atoms with Crippen molar-refractivity contribution in [2.45, 2.75) is 111 Å². The van der Waals surface area contributed by atoms with E-state index in [1.54, 1.807) is 0 Å². The molecule has 0 saturated heterocycles. The molecule has 0 spiro atoms. The Kier molecular flexibility index (Phi) is 36.9. The van der Waals surface area contributed by atoms with Gasteiger partial charge in [0.25, 0.3) is 0 Å². The van der Waals surface area contributed by atoms with Crippen LogP contribution >= 0.6 is 0 Å². The number of nitrogens with zero attached hydrogens (tertiary/aromatic N) is 1. The van der Waals surface area contributed by atoms with Crippen LogP contribution < -0.4 is 0 Å². The van der Waals surface area contributed by atoms with Gasteiger partial charge in [-0.15, -0.1) is 0 Å². The molecule has 0 aromatic heterocycles. The number of unbranched alkanes of at least 4 members (excludes halogenated alkanes) is 8. The molecule has 29 heavy (non-hydrogen) atoms. The number of hydrogen-bond acceptors (Lipinski definition) is 2. The van der Waals surface area contributed by atoms with E-state index < -0.39 is 0 Å². The molecule has 0 rings (SSSR count). The monoisotopic (exact) mass is 401 g/mol. The molecule has 0 amide bonds. The van der Waals surface area contributed by atoms with Crippen molar-refractivity contribution >= 4 is 6.29 Å². The van der Waals surface area contributed by atoms with Gasteiger partial charge in [0.05, 0.1) is 6.07 Å². The first-order valence-corrected chi connectivity index (χ1v) is 11.2. The fourth-order valence-electron chi connectivity index (χ4n) is 2.40. The van der Waals surface area contributed by atoms with Crippen molar-refractivity contribution in [2.75, 3.05) is 0 Å². The molecule has 0 aliphatic heterocycles. The van der Waals surface area contributed by atoms with E-state index in [1.807, 2.05) is 0 Å². The Bertz CT molecular complexity index is 452. The third kappa shape index (κ3) is 37.5. The Labute approximate surface area is 182 Å². The predicted molar refractivity (Wildman–Crippen MR) is 131 cm³/mol. The lowest BCUT2D eigenvalue weighted by molar-refractivity contribution is -0.107. The molecule has 0 fully saturated rings. The van der Waals surface area contributed by atoms with Crippen molar-refractivity contribution in [3.8, 4) is 6.07 Å². The molecule has 2 heteroatoms. The number of carbonyl (C=O) groups excluding carboxylic acids is 1. The lowest BCUT2D eigenvalue weighted by atomic mass is 10.1. The van der Waals surface area contributed by atoms with E-state index in [0.29, 0.717) is 12.8 Å². The summed E-state index contributed by atoms with van der Waals surface area (Å²) in [6.45, 7) is 4.32. The second kappa shape index (κ2) is 33.7. The minimum absolute atomic E-state index is 0. The first-order valence-electron chi connectivity index (χ1n) is 11.2.